The van der Waals surface area contributed by atoms with E-state index in [2.05, 4.69) is 0 Å². The van der Waals surface area contributed by atoms with E-state index >= 15 is 0 Å². The van der Waals surface area contributed by atoms with Gasteiger partial charge in [0.15, 0.2) is 0 Å². The maximum Gasteiger partial charge on any atom is 0.0845 e. The number of rotatable bonds is 2. The fraction of sp³-hybridized carbons (Fsp3) is 1.00. The average Bonchev–Trinajstić information content (AvgIpc) is 3.30. The van der Waals surface area contributed by atoms with E-state index in [1.165, 1.54) is 12.8 Å². The maximum absolute atomic E-state index is 8.77. The van der Waals surface area contributed by atoms with Crippen LogP contribution in [-0.4, -0.2) is 47.8 Å². The molecule has 2 aliphatic carbocycles. The standard InChI is InChI=1S/2C7H12O2/c2*8-4-5-1-2-6-7(3-5)9-6/h2*5-8H,1-4H2. The molecular weight excluding hydrogens is 232 g/mol. The number of aliphatic hydroxyl groups is 2. The minimum absolute atomic E-state index is 0.354. The Kier molecular flexibility index (Phi) is 3.89. The average molecular weight is 256 g/mol. The first-order valence-corrected chi connectivity index (χ1v) is 7.32. The van der Waals surface area contributed by atoms with E-state index in [4.69, 9.17) is 19.7 Å². The zero-order valence-corrected chi connectivity index (χ0v) is 10.8. The molecule has 2 N–H and O–H groups in total. The molecule has 0 aromatic carbocycles. The van der Waals surface area contributed by atoms with Gasteiger partial charge in [-0.3, -0.25) is 0 Å². The SMILES string of the molecule is OCC1CCC2OC2C1.OCC1CCC2OC2C1. The van der Waals surface area contributed by atoms with Crippen molar-refractivity contribution in [2.75, 3.05) is 13.2 Å². The Bertz CT molecular complexity index is 255. The fourth-order valence-electron chi connectivity index (χ4n) is 3.31. The van der Waals surface area contributed by atoms with Crippen LogP contribution in [0.4, 0.5) is 0 Å². The largest absolute Gasteiger partial charge is 0.396 e. The van der Waals surface area contributed by atoms with E-state index in [0.717, 1.165) is 25.7 Å². The third-order valence-corrected chi connectivity index (χ3v) is 4.74. The lowest BCUT2D eigenvalue weighted by Crippen LogP contribution is -2.16. The van der Waals surface area contributed by atoms with Crippen molar-refractivity contribution in [2.24, 2.45) is 11.8 Å². The molecule has 6 atom stereocenters. The van der Waals surface area contributed by atoms with Crippen molar-refractivity contribution in [3.63, 3.8) is 0 Å². The lowest BCUT2D eigenvalue weighted by molar-refractivity contribution is 0.197. The van der Waals surface area contributed by atoms with Gasteiger partial charge < -0.3 is 19.7 Å². The van der Waals surface area contributed by atoms with Crippen LogP contribution < -0.4 is 0 Å². The molecule has 104 valence electrons. The molecule has 4 rings (SSSR count). The van der Waals surface area contributed by atoms with Crippen LogP contribution in [0.2, 0.25) is 0 Å². The quantitative estimate of drug-likeness (QED) is 0.726. The summed E-state index contributed by atoms with van der Waals surface area (Å²) in [5.74, 6) is 1.07. The molecule has 0 spiro atoms. The zero-order valence-electron chi connectivity index (χ0n) is 10.8. The summed E-state index contributed by atoms with van der Waals surface area (Å²) in [6, 6.07) is 0. The van der Waals surface area contributed by atoms with Crippen molar-refractivity contribution in [3.05, 3.63) is 0 Å². The number of hydrogen-bond acceptors (Lipinski definition) is 4. The van der Waals surface area contributed by atoms with Crippen LogP contribution >= 0.6 is 0 Å². The van der Waals surface area contributed by atoms with Crippen molar-refractivity contribution >= 4 is 0 Å². The van der Waals surface area contributed by atoms with Gasteiger partial charge in [-0.25, -0.2) is 0 Å². The summed E-state index contributed by atoms with van der Waals surface area (Å²) in [5.41, 5.74) is 0. The summed E-state index contributed by atoms with van der Waals surface area (Å²) < 4.78 is 10.6. The summed E-state index contributed by atoms with van der Waals surface area (Å²) in [6.07, 6.45) is 9.08. The molecule has 18 heavy (non-hydrogen) atoms. The molecule has 2 saturated heterocycles. The minimum atomic E-state index is 0.354. The summed E-state index contributed by atoms with van der Waals surface area (Å²) in [6.45, 7) is 0.708. The highest BCUT2D eigenvalue weighted by molar-refractivity contribution is 4.92. The van der Waals surface area contributed by atoms with E-state index in [-0.39, 0.29) is 0 Å². The molecule has 4 heteroatoms. The molecule has 0 aromatic heterocycles. The Morgan fingerprint density at radius 1 is 0.667 bits per heavy atom. The Labute approximate surface area is 108 Å². The number of epoxide rings is 2. The summed E-state index contributed by atoms with van der Waals surface area (Å²) in [4.78, 5) is 0. The molecule has 4 nitrogen and oxygen atoms in total. The van der Waals surface area contributed by atoms with Crippen LogP contribution in [0.15, 0.2) is 0 Å². The summed E-state index contributed by atoms with van der Waals surface area (Å²) >= 11 is 0. The zero-order chi connectivity index (χ0) is 12.5. The van der Waals surface area contributed by atoms with E-state index in [1.54, 1.807) is 0 Å². The summed E-state index contributed by atoms with van der Waals surface area (Å²) in [7, 11) is 0. The highest BCUT2D eigenvalue weighted by Crippen LogP contribution is 2.39. The monoisotopic (exact) mass is 256 g/mol. The topological polar surface area (TPSA) is 65.5 Å². The third-order valence-electron chi connectivity index (χ3n) is 4.74. The van der Waals surface area contributed by atoms with Gasteiger partial charge in [-0.05, 0) is 50.4 Å². The lowest BCUT2D eigenvalue weighted by atomic mass is 9.90. The van der Waals surface area contributed by atoms with Crippen LogP contribution in [0.3, 0.4) is 0 Å². The van der Waals surface area contributed by atoms with Crippen molar-refractivity contribution in [1.82, 2.24) is 0 Å². The van der Waals surface area contributed by atoms with E-state index in [9.17, 15) is 0 Å². The number of aliphatic hydroxyl groups excluding tert-OH is 2. The molecule has 2 saturated carbocycles. The predicted octanol–water partition coefficient (Wildman–Crippen LogP) is 1.09. The van der Waals surface area contributed by atoms with Gasteiger partial charge in [-0.1, -0.05) is 0 Å². The third kappa shape index (κ3) is 3.05. The fourth-order valence-corrected chi connectivity index (χ4v) is 3.31. The van der Waals surface area contributed by atoms with Crippen molar-refractivity contribution in [3.8, 4) is 0 Å². The van der Waals surface area contributed by atoms with Crippen molar-refractivity contribution in [2.45, 2.75) is 62.9 Å². The predicted molar refractivity (Wildman–Crippen MR) is 66.2 cm³/mol. The first-order chi connectivity index (χ1) is 8.80. The van der Waals surface area contributed by atoms with Crippen molar-refractivity contribution < 1.29 is 19.7 Å². The summed E-state index contributed by atoms with van der Waals surface area (Å²) in [5, 5.41) is 17.5. The number of ether oxygens (including phenoxy) is 2. The number of fused-ring (bicyclic) bond motifs is 2. The highest BCUT2D eigenvalue weighted by Gasteiger charge is 2.44. The maximum atomic E-state index is 8.77. The van der Waals surface area contributed by atoms with Gasteiger partial charge in [0.2, 0.25) is 0 Å². The lowest BCUT2D eigenvalue weighted by Gasteiger charge is -2.14. The van der Waals surface area contributed by atoms with E-state index in [0.29, 0.717) is 49.5 Å². The second kappa shape index (κ2) is 5.45. The van der Waals surface area contributed by atoms with Gasteiger partial charge in [0.1, 0.15) is 0 Å². The molecule has 2 aliphatic heterocycles. The van der Waals surface area contributed by atoms with Gasteiger partial charge >= 0.3 is 0 Å². The Hall–Kier alpha value is -0.160. The van der Waals surface area contributed by atoms with Gasteiger partial charge in [0.05, 0.1) is 24.4 Å². The Morgan fingerprint density at radius 2 is 1.11 bits per heavy atom. The first-order valence-electron chi connectivity index (χ1n) is 7.32. The molecule has 4 fully saturated rings. The smallest absolute Gasteiger partial charge is 0.0845 e. The van der Waals surface area contributed by atoms with Crippen molar-refractivity contribution in [1.29, 1.82) is 0 Å². The van der Waals surface area contributed by atoms with Gasteiger partial charge in [0.25, 0.3) is 0 Å². The van der Waals surface area contributed by atoms with Gasteiger partial charge in [-0.15, -0.1) is 0 Å². The molecule has 4 aliphatic rings. The van der Waals surface area contributed by atoms with Crippen LogP contribution in [-0.2, 0) is 9.47 Å². The second-order valence-corrected chi connectivity index (χ2v) is 6.15. The first kappa shape index (κ1) is 12.9. The Balaban J connectivity index is 0.000000111. The van der Waals surface area contributed by atoms with E-state index < -0.39 is 0 Å². The molecule has 2 heterocycles. The van der Waals surface area contributed by atoms with Crippen LogP contribution in [0.1, 0.15) is 38.5 Å². The second-order valence-electron chi connectivity index (χ2n) is 6.15. The molecule has 6 unspecified atom stereocenters. The van der Waals surface area contributed by atoms with Crippen LogP contribution in [0.25, 0.3) is 0 Å². The minimum Gasteiger partial charge on any atom is -0.396 e. The normalized spacial score (nSPS) is 48.3. The molecular formula is C14H24O4. The molecule has 0 radical (unpaired) electrons. The van der Waals surface area contributed by atoms with E-state index in [1.807, 2.05) is 0 Å². The van der Waals surface area contributed by atoms with Crippen LogP contribution in [0.5, 0.6) is 0 Å². The Morgan fingerprint density at radius 3 is 1.44 bits per heavy atom. The molecule has 0 bridgehead atoms. The highest BCUT2D eigenvalue weighted by atomic mass is 16.6. The molecule has 0 amide bonds. The molecule has 0 aromatic rings. The van der Waals surface area contributed by atoms with Gasteiger partial charge in [0, 0.05) is 13.2 Å². The number of hydrogen-bond donors (Lipinski definition) is 2. The van der Waals surface area contributed by atoms with Crippen LogP contribution in [0, 0.1) is 11.8 Å². The van der Waals surface area contributed by atoms with Gasteiger partial charge in [-0.2, -0.15) is 0 Å².